The number of ether oxygens (including phenoxy) is 1. The van der Waals surface area contributed by atoms with Crippen molar-refractivity contribution in [2.75, 3.05) is 6.61 Å². The minimum absolute atomic E-state index is 0.277. The van der Waals surface area contributed by atoms with E-state index in [1.807, 2.05) is 32.9 Å². The molecule has 0 aliphatic heterocycles. The molecule has 0 saturated heterocycles. The van der Waals surface area contributed by atoms with E-state index in [1.54, 1.807) is 6.07 Å². The molecule has 0 radical (unpaired) electrons. The third-order valence-electron chi connectivity index (χ3n) is 3.70. The highest BCUT2D eigenvalue weighted by Crippen LogP contribution is 2.28. The van der Waals surface area contributed by atoms with E-state index in [1.165, 1.54) is 0 Å². The number of amides is 1. The average Bonchev–Trinajstić information content (AvgIpc) is 2.59. The topological polar surface area (TPSA) is 38.3 Å². The lowest BCUT2D eigenvalue weighted by molar-refractivity contribution is 0.136. The minimum atomic E-state index is -0.371. The summed E-state index contributed by atoms with van der Waals surface area (Å²) in [6, 6.07) is 13.8. The summed E-state index contributed by atoms with van der Waals surface area (Å²) in [4.78, 5) is 11.5. The molecule has 1 amide bonds. The molecular formula is C22H25Cl2NO2. The van der Waals surface area contributed by atoms with E-state index in [2.05, 4.69) is 41.7 Å². The third kappa shape index (κ3) is 7.66. The van der Waals surface area contributed by atoms with Crippen LogP contribution in [0.3, 0.4) is 0 Å². The zero-order chi connectivity index (χ0) is 19.9. The summed E-state index contributed by atoms with van der Waals surface area (Å²) in [5.41, 5.74) is 2.96. The molecule has 2 aromatic carbocycles. The van der Waals surface area contributed by atoms with Crippen LogP contribution in [0.5, 0.6) is 0 Å². The fourth-order valence-corrected chi connectivity index (χ4v) is 2.69. The second kappa shape index (κ2) is 9.82. The first-order valence-corrected chi connectivity index (χ1v) is 9.67. The van der Waals surface area contributed by atoms with Crippen LogP contribution in [-0.2, 0) is 4.74 Å². The van der Waals surface area contributed by atoms with E-state index < -0.39 is 0 Å². The molecule has 0 unspecified atom stereocenters. The molecule has 144 valence electrons. The molecule has 3 nitrogen and oxygen atoms in total. The van der Waals surface area contributed by atoms with E-state index in [0.29, 0.717) is 16.7 Å². The van der Waals surface area contributed by atoms with Gasteiger partial charge in [-0.25, -0.2) is 4.79 Å². The van der Waals surface area contributed by atoms with Crippen molar-refractivity contribution < 1.29 is 9.53 Å². The molecule has 0 aliphatic rings. The molecule has 2 aromatic rings. The second-order valence-electron chi connectivity index (χ2n) is 7.31. The van der Waals surface area contributed by atoms with Gasteiger partial charge >= 0.3 is 6.09 Å². The normalized spacial score (nSPS) is 11.6. The van der Waals surface area contributed by atoms with Gasteiger partial charge in [-0.3, -0.25) is 0 Å². The van der Waals surface area contributed by atoms with Gasteiger partial charge in [0.2, 0.25) is 0 Å². The number of nitrogens with one attached hydrogen (secondary N) is 1. The highest BCUT2D eigenvalue weighted by Gasteiger charge is 2.13. The largest absolute Gasteiger partial charge is 0.450 e. The molecule has 0 aliphatic carbocycles. The summed E-state index contributed by atoms with van der Waals surface area (Å²) < 4.78 is 5.15. The Balaban J connectivity index is 1.77. The molecule has 27 heavy (non-hydrogen) atoms. The Morgan fingerprint density at radius 3 is 2.33 bits per heavy atom. The zero-order valence-electron chi connectivity index (χ0n) is 15.9. The lowest BCUT2D eigenvalue weighted by Crippen LogP contribution is -2.41. The fourth-order valence-electron chi connectivity index (χ4n) is 2.39. The monoisotopic (exact) mass is 405 g/mol. The van der Waals surface area contributed by atoms with Crippen LogP contribution < -0.4 is 5.32 Å². The van der Waals surface area contributed by atoms with Crippen molar-refractivity contribution in [1.29, 1.82) is 0 Å². The van der Waals surface area contributed by atoms with Crippen molar-refractivity contribution in [3.63, 3.8) is 0 Å². The number of alkyl carbamates (subject to hydrolysis) is 1. The van der Waals surface area contributed by atoms with Gasteiger partial charge in [0.1, 0.15) is 0 Å². The molecule has 0 spiro atoms. The Morgan fingerprint density at radius 2 is 1.70 bits per heavy atom. The molecule has 0 fully saturated rings. The molecule has 1 N–H and O–H groups in total. The fraction of sp³-hybridized carbons (Fsp3) is 0.318. The highest BCUT2D eigenvalue weighted by atomic mass is 35.5. The SMILES string of the molecule is CC(C)(C)NC(=O)OCCCC=Cc1ccc(-c2ccc(Cl)c(Cl)c2)cc1. The van der Waals surface area contributed by atoms with Crippen LogP contribution in [0.1, 0.15) is 39.2 Å². The van der Waals surface area contributed by atoms with Gasteiger partial charge in [-0.05, 0) is 62.4 Å². The third-order valence-corrected chi connectivity index (χ3v) is 4.44. The summed E-state index contributed by atoms with van der Waals surface area (Å²) in [7, 11) is 0. The Labute approximate surface area is 171 Å². The minimum Gasteiger partial charge on any atom is -0.450 e. The number of rotatable bonds is 6. The van der Waals surface area contributed by atoms with Gasteiger partial charge in [0.05, 0.1) is 16.7 Å². The number of carbonyl (C=O) groups is 1. The molecule has 2 rings (SSSR count). The molecule has 0 aromatic heterocycles. The predicted octanol–water partition coefficient (Wildman–Crippen LogP) is 6.98. The van der Waals surface area contributed by atoms with Gasteiger partial charge < -0.3 is 10.1 Å². The standard InChI is InChI=1S/C22H25Cl2NO2/c1-22(2,3)25-21(26)27-14-6-4-5-7-16-8-10-17(11-9-16)18-12-13-19(23)20(24)15-18/h5,7-13,15H,4,6,14H2,1-3H3,(H,25,26). The van der Waals surface area contributed by atoms with E-state index >= 15 is 0 Å². The molecule has 0 heterocycles. The van der Waals surface area contributed by atoms with Crippen molar-refractivity contribution in [2.24, 2.45) is 0 Å². The van der Waals surface area contributed by atoms with Crippen LogP contribution in [0, 0.1) is 0 Å². The Bertz CT molecular complexity index is 793. The van der Waals surface area contributed by atoms with Crippen LogP contribution in [-0.4, -0.2) is 18.2 Å². The van der Waals surface area contributed by atoms with Crippen LogP contribution in [0.15, 0.2) is 48.5 Å². The summed E-state index contributed by atoms with van der Waals surface area (Å²) in [6.45, 7) is 6.17. The first kappa shape index (κ1) is 21.3. The van der Waals surface area contributed by atoms with E-state index in [-0.39, 0.29) is 11.6 Å². The Hall–Kier alpha value is -1.97. The van der Waals surface area contributed by atoms with Gasteiger partial charge in [0, 0.05) is 5.54 Å². The van der Waals surface area contributed by atoms with Crippen LogP contribution >= 0.6 is 23.2 Å². The zero-order valence-corrected chi connectivity index (χ0v) is 17.4. The highest BCUT2D eigenvalue weighted by molar-refractivity contribution is 6.42. The van der Waals surface area contributed by atoms with Crippen LogP contribution in [0.2, 0.25) is 10.0 Å². The maximum Gasteiger partial charge on any atom is 0.407 e. The number of unbranched alkanes of at least 4 members (excludes halogenated alkanes) is 1. The van der Waals surface area contributed by atoms with Gasteiger partial charge in [0.15, 0.2) is 0 Å². The first-order chi connectivity index (χ1) is 12.7. The van der Waals surface area contributed by atoms with Crippen molar-refractivity contribution in [2.45, 2.75) is 39.2 Å². The lowest BCUT2D eigenvalue weighted by atomic mass is 10.0. The number of hydrogen-bond donors (Lipinski definition) is 1. The molecule has 5 heteroatoms. The maximum atomic E-state index is 11.5. The number of carbonyl (C=O) groups excluding carboxylic acids is 1. The summed E-state index contributed by atoms with van der Waals surface area (Å²) in [5, 5.41) is 3.87. The molecular weight excluding hydrogens is 381 g/mol. The molecule has 0 saturated carbocycles. The van der Waals surface area contributed by atoms with E-state index in [0.717, 1.165) is 29.5 Å². The van der Waals surface area contributed by atoms with E-state index in [9.17, 15) is 4.79 Å². The smallest absolute Gasteiger partial charge is 0.407 e. The quantitative estimate of drug-likeness (QED) is 0.526. The molecule has 0 atom stereocenters. The van der Waals surface area contributed by atoms with Crippen molar-refractivity contribution in [1.82, 2.24) is 5.32 Å². The number of allylic oxidation sites excluding steroid dienone is 1. The number of hydrogen-bond acceptors (Lipinski definition) is 2. The Morgan fingerprint density at radius 1 is 1.04 bits per heavy atom. The summed E-state index contributed by atoms with van der Waals surface area (Å²) in [5.74, 6) is 0. The van der Waals surface area contributed by atoms with Gasteiger partial charge in [0.25, 0.3) is 0 Å². The second-order valence-corrected chi connectivity index (χ2v) is 8.12. The lowest BCUT2D eigenvalue weighted by Gasteiger charge is -2.19. The predicted molar refractivity (Wildman–Crippen MR) is 114 cm³/mol. The van der Waals surface area contributed by atoms with Crippen molar-refractivity contribution >= 4 is 35.4 Å². The van der Waals surface area contributed by atoms with Crippen molar-refractivity contribution in [3.05, 3.63) is 64.1 Å². The Kier molecular flexibility index (Phi) is 7.76. The maximum absolute atomic E-state index is 11.5. The first-order valence-electron chi connectivity index (χ1n) is 8.91. The van der Waals surface area contributed by atoms with Crippen molar-refractivity contribution in [3.8, 4) is 11.1 Å². The van der Waals surface area contributed by atoms with Crippen LogP contribution in [0.25, 0.3) is 17.2 Å². The molecule has 0 bridgehead atoms. The van der Waals surface area contributed by atoms with Gasteiger partial charge in [-0.15, -0.1) is 0 Å². The van der Waals surface area contributed by atoms with Gasteiger partial charge in [-0.2, -0.15) is 0 Å². The van der Waals surface area contributed by atoms with Crippen LogP contribution in [0.4, 0.5) is 4.79 Å². The van der Waals surface area contributed by atoms with E-state index in [4.69, 9.17) is 27.9 Å². The summed E-state index contributed by atoms with van der Waals surface area (Å²) >= 11 is 12.0. The average molecular weight is 406 g/mol. The van der Waals surface area contributed by atoms with Gasteiger partial charge in [-0.1, -0.05) is 65.7 Å². The number of benzene rings is 2. The summed E-state index contributed by atoms with van der Waals surface area (Å²) in [6.07, 6.45) is 5.41. The number of halogens is 2.